The largest absolute Gasteiger partial charge is 0.337 e. The number of amides is 1. The van der Waals surface area contributed by atoms with Crippen LogP contribution in [0.15, 0.2) is 0 Å². The summed E-state index contributed by atoms with van der Waals surface area (Å²) < 4.78 is 0. The van der Waals surface area contributed by atoms with Gasteiger partial charge in [-0.3, -0.25) is 4.79 Å². The van der Waals surface area contributed by atoms with Crippen molar-refractivity contribution in [2.45, 2.75) is 32.4 Å². The van der Waals surface area contributed by atoms with Gasteiger partial charge >= 0.3 is 0 Å². The van der Waals surface area contributed by atoms with Gasteiger partial charge in [0.2, 0.25) is 5.91 Å². The molecule has 0 aromatic rings. The lowest BCUT2D eigenvalue weighted by Gasteiger charge is -2.34. The second-order valence-electron chi connectivity index (χ2n) is 3.82. The predicted molar refractivity (Wildman–Crippen MR) is 52.3 cm³/mol. The van der Waals surface area contributed by atoms with Crippen LogP contribution < -0.4 is 11.1 Å². The van der Waals surface area contributed by atoms with Crippen LogP contribution >= 0.6 is 0 Å². The van der Waals surface area contributed by atoms with Crippen LogP contribution in [0.25, 0.3) is 0 Å². The van der Waals surface area contributed by atoms with Gasteiger partial charge in [-0.1, -0.05) is 0 Å². The van der Waals surface area contributed by atoms with Crippen molar-refractivity contribution in [1.82, 2.24) is 10.2 Å². The van der Waals surface area contributed by atoms with E-state index in [9.17, 15) is 4.79 Å². The Labute approximate surface area is 79.5 Å². The Kier molecular flexibility index (Phi) is 3.69. The smallest absolute Gasteiger partial charge is 0.224 e. The predicted octanol–water partition coefficient (Wildman–Crippen LogP) is -0.456. The second kappa shape index (κ2) is 4.58. The summed E-state index contributed by atoms with van der Waals surface area (Å²) in [6.07, 6.45) is 0.463. The lowest BCUT2D eigenvalue weighted by atomic mass is 10.1. The van der Waals surface area contributed by atoms with E-state index >= 15 is 0 Å². The highest BCUT2D eigenvalue weighted by Crippen LogP contribution is 2.05. The van der Waals surface area contributed by atoms with Gasteiger partial charge in [0.1, 0.15) is 0 Å². The fourth-order valence-corrected chi connectivity index (χ4v) is 1.60. The average molecular weight is 185 g/mol. The maximum atomic E-state index is 11.6. The fourth-order valence-electron chi connectivity index (χ4n) is 1.60. The van der Waals surface area contributed by atoms with Crippen LogP contribution in [-0.4, -0.2) is 42.5 Å². The van der Waals surface area contributed by atoms with Crippen LogP contribution in [0.5, 0.6) is 0 Å². The average Bonchev–Trinajstić information content (AvgIpc) is 2.03. The molecule has 0 saturated carbocycles. The van der Waals surface area contributed by atoms with Crippen molar-refractivity contribution in [2.75, 3.05) is 19.6 Å². The first-order valence-electron chi connectivity index (χ1n) is 4.87. The van der Waals surface area contributed by atoms with Gasteiger partial charge in [0.05, 0.1) is 0 Å². The van der Waals surface area contributed by atoms with Crippen molar-refractivity contribution in [2.24, 2.45) is 5.73 Å². The molecule has 1 heterocycles. The van der Waals surface area contributed by atoms with Gasteiger partial charge in [0.15, 0.2) is 0 Å². The number of hydrogen-bond donors (Lipinski definition) is 2. The summed E-state index contributed by atoms with van der Waals surface area (Å²) in [6, 6.07) is 0.273. The molecule has 4 nitrogen and oxygen atoms in total. The molecule has 1 aliphatic rings. The molecule has 0 bridgehead atoms. The number of nitrogens with one attached hydrogen (secondary N) is 1. The molecule has 0 aromatic heterocycles. The minimum atomic E-state index is -0.0328. The molecular weight excluding hydrogens is 166 g/mol. The summed E-state index contributed by atoms with van der Waals surface area (Å²) in [7, 11) is 0. The van der Waals surface area contributed by atoms with E-state index in [1.807, 2.05) is 11.8 Å². The van der Waals surface area contributed by atoms with E-state index in [2.05, 4.69) is 12.2 Å². The highest BCUT2D eigenvalue weighted by Gasteiger charge is 2.22. The molecule has 1 saturated heterocycles. The first-order chi connectivity index (χ1) is 6.11. The van der Waals surface area contributed by atoms with E-state index in [-0.39, 0.29) is 11.9 Å². The number of carbonyl (C=O) groups excluding carboxylic acids is 1. The first-order valence-corrected chi connectivity index (χ1v) is 4.87. The summed E-state index contributed by atoms with van der Waals surface area (Å²) in [5.41, 5.74) is 5.58. The standard InChI is InChI=1S/C9H19N3O/c1-7(10)5-9(13)12-4-3-11-6-8(12)2/h7-8,11H,3-6,10H2,1-2H3/t7?,8-/m1/s1. The van der Waals surface area contributed by atoms with Gasteiger partial charge in [-0.05, 0) is 13.8 Å². The quantitative estimate of drug-likeness (QED) is 0.612. The molecule has 0 radical (unpaired) electrons. The van der Waals surface area contributed by atoms with Crippen LogP contribution in [0.2, 0.25) is 0 Å². The summed E-state index contributed by atoms with van der Waals surface area (Å²) >= 11 is 0. The lowest BCUT2D eigenvalue weighted by Crippen LogP contribution is -2.52. The summed E-state index contributed by atoms with van der Waals surface area (Å²) in [5.74, 6) is 0.184. The summed E-state index contributed by atoms with van der Waals surface area (Å²) in [4.78, 5) is 13.6. The molecule has 3 N–H and O–H groups in total. The highest BCUT2D eigenvalue weighted by atomic mass is 16.2. The highest BCUT2D eigenvalue weighted by molar-refractivity contribution is 5.77. The van der Waals surface area contributed by atoms with Gasteiger partial charge < -0.3 is 16.0 Å². The van der Waals surface area contributed by atoms with Gasteiger partial charge in [-0.15, -0.1) is 0 Å². The van der Waals surface area contributed by atoms with E-state index in [4.69, 9.17) is 5.73 Å². The van der Waals surface area contributed by atoms with Crippen molar-refractivity contribution >= 4 is 5.91 Å². The zero-order chi connectivity index (χ0) is 9.84. The summed E-state index contributed by atoms with van der Waals surface area (Å²) in [5, 5.41) is 3.25. The fraction of sp³-hybridized carbons (Fsp3) is 0.889. The van der Waals surface area contributed by atoms with Gasteiger partial charge in [0.25, 0.3) is 0 Å². The van der Waals surface area contributed by atoms with Gasteiger partial charge in [-0.2, -0.15) is 0 Å². The minimum absolute atomic E-state index is 0.0328. The van der Waals surface area contributed by atoms with Crippen molar-refractivity contribution in [1.29, 1.82) is 0 Å². The molecule has 0 aliphatic carbocycles. The van der Waals surface area contributed by atoms with E-state index < -0.39 is 0 Å². The molecule has 4 heteroatoms. The van der Waals surface area contributed by atoms with Crippen LogP contribution in [0.4, 0.5) is 0 Å². The lowest BCUT2D eigenvalue weighted by molar-refractivity contribution is -0.134. The third-order valence-corrected chi connectivity index (χ3v) is 2.32. The molecular formula is C9H19N3O. The number of nitrogens with zero attached hydrogens (tertiary/aromatic N) is 1. The minimum Gasteiger partial charge on any atom is -0.337 e. The zero-order valence-corrected chi connectivity index (χ0v) is 8.42. The maximum absolute atomic E-state index is 11.6. The molecule has 1 unspecified atom stereocenters. The zero-order valence-electron chi connectivity index (χ0n) is 8.42. The SMILES string of the molecule is CC(N)CC(=O)N1CCNC[C@H]1C. The monoisotopic (exact) mass is 185 g/mol. The normalized spacial score (nSPS) is 25.8. The Morgan fingerprint density at radius 2 is 2.46 bits per heavy atom. The first kappa shape index (κ1) is 10.5. The maximum Gasteiger partial charge on any atom is 0.224 e. The van der Waals surface area contributed by atoms with Crippen LogP contribution in [0.1, 0.15) is 20.3 Å². The Hall–Kier alpha value is -0.610. The van der Waals surface area contributed by atoms with E-state index in [1.165, 1.54) is 0 Å². The van der Waals surface area contributed by atoms with Crippen molar-refractivity contribution < 1.29 is 4.79 Å². The molecule has 1 rings (SSSR count). The van der Waals surface area contributed by atoms with E-state index in [1.54, 1.807) is 0 Å². The van der Waals surface area contributed by atoms with Crippen molar-refractivity contribution in [3.63, 3.8) is 0 Å². The van der Waals surface area contributed by atoms with Crippen LogP contribution in [-0.2, 0) is 4.79 Å². The number of carbonyl (C=O) groups is 1. The molecule has 1 amide bonds. The van der Waals surface area contributed by atoms with Gasteiger partial charge in [-0.25, -0.2) is 0 Å². The Balaban J connectivity index is 2.44. The molecule has 1 aliphatic heterocycles. The van der Waals surface area contributed by atoms with Crippen LogP contribution in [0.3, 0.4) is 0 Å². The Morgan fingerprint density at radius 3 is 3.00 bits per heavy atom. The van der Waals surface area contributed by atoms with E-state index in [0.29, 0.717) is 12.5 Å². The number of piperazine rings is 1. The Bertz CT molecular complexity index is 182. The number of hydrogen-bond acceptors (Lipinski definition) is 3. The topological polar surface area (TPSA) is 58.4 Å². The molecule has 1 fully saturated rings. The van der Waals surface area contributed by atoms with E-state index in [0.717, 1.165) is 19.6 Å². The molecule has 0 aromatic carbocycles. The van der Waals surface area contributed by atoms with Crippen molar-refractivity contribution in [3.8, 4) is 0 Å². The molecule has 76 valence electrons. The number of nitrogens with two attached hydrogens (primary N) is 1. The summed E-state index contributed by atoms with van der Waals surface area (Å²) in [6.45, 7) is 6.53. The Morgan fingerprint density at radius 1 is 1.77 bits per heavy atom. The third kappa shape index (κ3) is 2.97. The number of rotatable bonds is 2. The molecule has 0 spiro atoms. The molecule has 13 heavy (non-hydrogen) atoms. The molecule has 2 atom stereocenters. The third-order valence-electron chi connectivity index (χ3n) is 2.32. The van der Waals surface area contributed by atoms with Gasteiger partial charge in [0, 0.05) is 38.1 Å². The van der Waals surface area contributed by atoms with Crippen LogP contribution in [0, 0.1) is 0 Å². The van der Waals surface area contributed by atoms with Crippen molar-refractivity contribution in [3.05, 3.63) is 0 Å². The second-order valence-corrected chi connectivity index (χ2v) is 3.82.